The third-order valence-corrected chi connectivity index (χ3v) is 2.49. The fourth-order valence-electron chi connectivity index (χ4n) is 1.63. The molecule has 1 aromatic rings. The van der Waals surface area contributed by atoms with Crippen LogP contribution in [0.5, 0.6) is 0 Å². The number of hydrogen-bond acceptors (Lipinski definition) is 3. The minimum atomic E-state index is -0.149. The number of carbonyl (C=O) groups excluding carboxylic acids is 2. The Kier molecular flexibility index (Phi) is 3.22. The molecule has 0 atom stereocenters. The third-order valence-electron chi connectivity index (χ3n) is 2.49. The van der Waals surface area contributed by atoms with E-state index in [1.807, 2.05) is 13.2 Å². The Morgan fingerprint density at radius 1 is 1.59 bits per heavy atom. The number of piperazine rings is 1. The zero-order valence-electron chi connectivity index (χ0n) is 9.59. The monoisotopic (exact) mass is 234 g/mol. The smallest absolute Gasteiger partial charge is 0.247 e. The molecule has 1 fully saturated rings. The highest BCUT2D eigenvalue weighted by molar-refractivity contribution is 5.94. The number of hydrogen-bond donors (Lipinski definition) is 1. The lowest BCUT2D eigenvalue weighted by Gasteiger charge is -2.25. The van der Waals surface area contributed by atoms with Crippen molar-refractivity contribution >= 4 is 17.9 Å². The lowest BCUT2D eigenvalue weighted by atomic mass is 10.3. The quantitative estimate of drug-likeness (QED) is 0.694. The van der Waals surface area contributed by atoms with E-state index in [4.69, 9.17) is 0 Å². The Hall–Kier alpha value is -2.11. The zero-order valence-corrected chi connectivity index (χ0v) is 9.59. The normalized spacial score (nSPS) is 16.3. The van der Waals surface area contributed by atoms with E-state index in [1.165, 1.54) is 11.0 Å². The second-order valence-electron chi connectivity index (χ2n) is 3.89. The van der Waals surface area contributed by atoms with Crippen LogP contribution in [0.2, 0.25) is 0 Å². The summed E-state index contributed by atoms with van der Waals surface area (Å²) in [6.45, 7) is 1.21. The molecule has 0 saturated carbocycles. The minimum Gasteiger partial charge on any atom is -0.353 e. The van der Waals surface area contributed by atoms with E-state index in [0.717, 1.165) is 5.56 Å². The summed E-state index contributed by atoms with van der Waals surface area (Å²) < 4.78 is 1.67. The van der Waals surface area contributed by atoms with Crippen molar-refractivity contribution in [1.29, 1.82) is 0 Å². The largest absolute Gasteiger partial charge is 0.353 e. The highest BCUT2D eigenvalue weighted by Crippen LogP contribution is 2.01. The van der Waals surface area contributed by atoms with E-state index in [1.54, 1.807) is 17.0 Å². The van der Waals surface area contributed by atoms with Gasteiger partial charge >= 0.3 is 0 Å². The Bertz CT molecular complexity index is 464. The van der Waals surface area contributed by atoms with Crippen LogP contribution in [0.3, 0.4) is 0 Å². The second kappa shape index (κ2) is 4.82. The Balaban J connectivity index is 1.96. The lowest BCUT2D eigenvalue weighted by Crippen LogP contribution is -2.49. The minimum absolute atomic E-state index is 0.112. The van der Waals surface area contributed by atoms with Gasteiger partial charge in [0.15, 0.2) is 0 Å². The molecule has 2 rings (SSSR count). The van der Waals surface area contributed by atoms with E-state index in [9.17, 15) is 9.59 Å². The molecule has 0 aromatic carbocycles. The van der Waals surface area contributed by atoms with Gasteiger partial charge in [0.2, 0.25) is 11.8 Å². The van der Waals surface area contributed by atoms with E-state index >= 15 is 0 Å². The van der Waals surface area contributed by atoms with Crippen LogP contribution in [-0.4, -0.2) is 46.1 Å². The molecule has 17 heavy (non-hydrogen) atoms. The van der Waals surface area contributed by atoms with Gasteiger partial charge in [-0.15, -0.1) is 0 Å². The van der Waals surface area contributed by atoms with Crippen molar-refractivity contribution < 1.29 is 9.59 Å². The number of nitrogens with one attached hydrogen (secondary N) is 1. The van der Waals surface area contributed by atoms with Crippen LogP contribution in [0.25, 0.3) is 6.08 Å². The van der Waals surface area contributed by atoms with Gasteiger partial charge in [0.25, 0.3) is 0 Å². The number of amides is 2. The first kappa shape index (κ1) is 11.4. The molecule has 0 spiro atoms. The summed E-state index contributed by atoms with van der Waals surface area (Å²) in [7, 11) is 1.81. The summed E-state index contributed by atoms with van der Waals surface area (Å²) in [5, 5.41) is 6.67. The fraction of sp³-hybridized carbons (Fsp3) is 0.364. The van der Waals surface area contributed by atoms with Gasteiger partial charge in [-0.3, -0.25) is 14.3 Å². The summed E-state index contributed by atoms with van der Waals surface area (Å²) >= 11 is 0. The fourth-order valence-corrected chi connectivity index (χ4v) is 1.63. The van der Waals surface area contributed by atoms with E-state index in [0.29, 0.717) is 13.1 Å². The van der Waals surface area contributed by atoms with Gasteiger partial charge in [-0.2, -0.15) is 5.10 Å². The van der Waals surface area contributed by atoms with Crippen molar-refractivity contribution in [2.75, 3.05) is 19.6 Å². The maximum atomic E-state index is 11.8. The van der Waals surface area contributed by atoms with E-state index in [2.05, 4.69) is 10.4 Å². The summed E-state index contributed by atoms with van der Waals surface area (Å²) in [4.78, 5) is 24.4. The molecule has 1 aliphatic heterocycles. The molecule has 0 bridgehead atoms. The van der Waals surface area contributed by atoms with E-state index in [-0.39, 0.29) is 18.4 Å². The topological polar surface area (TPSA) is 67.2 Å². The predicted octanol–water partition coefficient (Wildman–Crippen LogP) is -0.608. The average molecular weight is 234 g/mol. The van der Waals surface area contributed by atoms with Crippen LogP contribution in [0, 0.1) is 0 Å². The molecule has 6 nitrogen and oxygen atoms in total. The number of aryl methyl sites for hydroxylation is 1. The summed E-state index contributed by atoms with van der Waals surface area (Å²) in [6, 6.07) is 0. The van der Waals surface area contributed by atoms with Gasteiger partial charge in [-0.1, -0.05) is 0 Å². The van der Waals surface area contributed by atoms with Crippen molar-refractivity contribution in [3.05, 3.63) is 24.0 Å². The van der Waals surface area contributed by atoms with Gasteiger partial charge in [0.05, 0.1) is 12.7 Å². The molecule has 1 N–H and O–H groups in total. The van der Waals surface area contributed by atoms with E-state index < -0.39 is 0 Å². The highest BCUT2D eigenvalue weighted by atomic mass is 16.2. The molecule has 1 saturated heterocycles. The SMILES string of the molecule is Cn1cc(/C=C/C(=O)N2CCNC(=O)C2)cn1. The molecule has 0 unspecified atom stereocenters. The first-order valence-corrected chi connectivity index (χ1v) is 5.37. The van der Waals surface area contributed by atoms with Crippen molar-refractivity contribution in [2.45, 2.75) is 0 Å². The lowest BCUT2D eigenvalue weighted by molar-refractivity contribution is -0.134. The van der Waals surface area contributed by atoms with Crippen molar-refractivity contribution in [3.8, 4) is 0 Å². The first-order chi connectivity index (χ1) is 8.15. The second-order valence-corrected chi connectivity index (χ2v) is 3.89. The van der Waals surface area contributed by atoms with Crippen LogP contribution in [-0.2, 0) is 16.6 Å². The maximum Gasteiger partial charge on any atom is 0.247 e. The Morgan fingerprint density at radius 3 is 3.06 bits per heavy atom. The summed E-state index contributed by atoms with van der Waals surface area (Å²) in [6.07, 6.45) is 6.65. The summed E-state index contributed by atoms with van der Waals surface area (Å²) in [5.74, 6) is -0.261. The molecule has 0 aliphatic carbocycles. The highest BCUT2D eigenvalue weighted by Gasteiger charge is 2.18. The van der Waals surface area contributed by atoms with Crippen LogP contribution in [0.15, 0.2) is 18.5 Å². The molecule has 1 aliphatic rings. The predicted molar refractivity (Wildman–Crippen MR) is 61.8 cm³/mol. The average Bonchev–Trinajstić information content (AvgIpc) is 2.72. The van der Waals surface area contributed by atoms with Gasteiger partial charge in [0, 0.05) is 38.0 Å². The molecule has 2 heterocycles. The molecule has 6 heteroatoms. The van der Waals surface area contributed by atoms with Crippen molar-refractivity contribution in [1.82, 2.24) is 20.0 Å². The van der Waals surface area contributed by atoms with Crippen LogP contribution < -0.4 is 5.32 Å². The first-order valence-electron chi connectivity index (χ1n) is 5.37. The standard InChI is InChI=1S/C11H14N4O2/c1-14-7-9(6-13-14)2-3-11(17)15-5-4-12-10(16)8-15/h2-3,6-7H,4-5,8H2,1H3,(H,12,16)/b3-2+. The zero-order chi connectivity index (χ0) is 12.3. The van der Waals surface area contributed by atoms with Crippen LogP contribution in [0.1, 0.15) is 5.56 Å². The van der Waals surface area contributed by atoms with Gasteiger partial charge in [-0.25, -0.2) is 0 Å². The Morgan fingerprint density at radius 2 is 2.41 bits per heavy atom. The third kappa shape index (κ3) is 2.93. The molecule has 0 radical (unpaired) electrons. The number of aromatic nitrogens is 2. The Labute approximate surface area is 98.9 Å². The molecular formula is C11H14N4O2. The van der Waals surface area contributed by atoms with Crippen molar-refractivity contribution in [2.24, 2.45) is 7.05 Å². The van der Waals surface area contributed by atoms with Gasteiger partial charge in [-0.05, 0) is 6.08 Å². The number of rotatable bonds is 2. The number of carbonyl (C=O) groups is 2. The molecule has 90 valence electrons. The number of nitrogens with zero attached hydrogens (tertiary/aromatic N) is 3. The van der Waals surface area contributed by atoms with Crippen LogP contribution in [0.4, 0.5) is 0 Å². The molecule has 2 amide bonds. The molecule has 1 aromatic heterocycles. The molecular weight excluding hydrogens is 220 g/mol. The maximum absolute atomic E-state index is 11.8. The van der Waals surface area contributed by atoms with Crippen molar-refractivity contribution in [3.63, 3.8) is 0 Å². The van der Waals surface area contributed by atoms with Gasteiger partial charge < -0.3 is 10.2 Å². The van der Waals surface area contributed by atoms with Crippen LogP contribution >= 0.6 is 0 Å². The van der Waals surface area contributed by atoms with Gasteiger partial charge in [0.1, 0.15) is 0 Å². The summed E-state index contributed by atoms with van der Waals surface area (Å²) in [5.41, 5.74) is 0.863.